The molecule has 0 saturated heterocycles. The molecule has 2 heterocycles. The Bertz CT molecular complexity index is 867. The first-order chi connectivity index (χ1) is 11.7. The lowest BCUT2D eigenvalue weighted by Crippen LogP contribution is -2.29. The van der Waals surface area contributed by atoms with Crippen molar-refractivity contribution in [3.05, 3.63) is 63.1 Å². The van der Waals surface area contributed by atoms with Gasteiger partial charge in [0.2, 0.25) is 6.79 Å². The van der Waals surface area contributed by atoms with Crippen molar-refractivity contribution in [1.29, 1.82) is 0 Å². The number of hydrogen-bond acceptors (Lipinski definition) is 3. The van der Waals surface area contributed by atoms with E-state index in [-0.39, 0.29) is 12.8 Å². The molecular weight excluding hydrogens is 390 g/mol. The Balaban J connectivity index is 1.64. The second-order valence-electron chi connectivity index (χ2n) is 6.41. The second-order valence-corrected chi connectivity index (χ2v) is 7.67. The van der Waals surface area contributed by atoms with E-state index in [4.69, 9.17) is 21.1 Å². The van der Waals surface area contributed by atoms with E-state index in [1.54, 1.807) is 0 Å². The molecule has 1 N–H and O–H groups in total. The summed E-state index contributed by atoms with van der Waals surface area (Å²) in [4.78, 5) is 0. The van der Waals surface area contributed by atoms with Gasteiger partial charge in [-0.1, -0.05) is 51.8 Å². The third-order valence-corrected chi connectivity index (χ3v) is 6.17. The first kappa shape index (κ1) is 14.7. The Morgan fingerprint density at radius 3 is 2.83 bits per heavy atom. The Morgan fingerprint density at radius 2 is 1.96 bits per heavy atom. The number of rotatable bonds is 1. The quantitative estimate of drug-likeness (QED) is 0.622. The normalized spacial score (nSPS) is 26.0. The molecule has 1 aliphatic carbocycles. The molecule has 0 saturated carbocycles. The highest BCUT2D eigenvalue weighted by atomic mass is 79.9. The van der Waals surface area contributed by atoms with Crippen LogP contribution in [0.2, 0.25) is 5.02 Å². The molecule has 0 radical (unpaired) electrons. The van der Waals surface area contributed by atoms with E-state index in [9.17, 15) is 0 Å². The van der Waals surface area contributed by atoms with Crippen molar-refractivity contribution >= 4 is 33.2 Å². The number of para-hydroxylation sites is 1. The lowest BCUT2D eigenvalue weighted by Gasteiger charge is -2.38. The zero-order chi connectivity index (χ0) is 16.3. The summed E-state index contributed by atoms with van der Waals surface area (Å²) in [5.41, 5.74) is 3.51. The van der Waals surface area contributed by atoms with Crippen LogP contribution in [0.25, 0.3) is 0 Å². The van der Waals surface area contributed by atoms with Gasteiger partial charge in [-0.3, -0.25) is 0 Å². The van der Waals surface area contributed by atoms with Crippen molar-refractivity contribution in [2.45, 2.75) is 18.4 Å². The van der Waals surface area contributed by atoms with Crippen LogP contribution in [0.1, 0.15) is 29.5 Å². The van der Waals surface area contributed by atoms with E-state index in [1.807, 2.05) is 18.2 Å². The van der Waals surface area contributed by atoms with Crippen molar-refractivity contribution in [3.63, 3.8) is 0 Å². The predicted octanol–water partition coefficient (Wildman–Crippen LogP) is 5.66. The van der Waals surface area contributed by atoms with Gasteiger partial charge in [0.1, 0.15) is 0 Å². The van der Waals surface area contributed by atoms with E-state index >= 15 is 0 Å². The molecule has 3 nitrogen and oxygen atoms in total. The molecule has 3 atom stereocenters. The van der Waals surface area contributed by atoms with Crippen LogP contribution in [0, 0.1) is 5.92 Å². The molecule has 0 unspecified atom stereocenters. The van der Waals surface area contributed by atoms with Gasteiger partial charge in [0.25, 0.3) is 0 Å². The maximum absolute atomic E-state index is 6.48. The van der Waals surface area contributed by atoms with Gasteiger partial charge in [-0.05, 0) is 41.7 Å². The maximum atomic E-state index is 6.48. The molecule has 122 valence electrons. The number of allylic oxidation sites excluding steroid dienone is 2. The van der Waals surface area contributed by atoms with Crippen molar-refractivity contribution in [2.75, 3.05) is 12.1 Å². The molecule has 5 heteroatoms. The Labute approximate surface area is 153 Å². The number of benzene rings is 2. The number of fused-ring (bicyclic) bond motifs is 4. The van der Waals surface area contributed by atoms with E-state index in [2.05, 4.69) is 45.5 Å². The largest absolute Gasteiger partial charge is 0.454 e. The number of nitrogens with one attached hydrogen (secondary N) is 1. The minimum atomic E-state index is 0.168. The van der Waals surface area contributed by atoms with Gasteiger partial charge < -0.3 is 14.8 Å². The van der Waals surface area contributed by atoms with E-state index in [0.717, 1.165) is 33.1 Å². The molecule has 2 aromatic rings. The summed E-state index contributed by atoms with van der Waals surface area (Å²) >= 11 is 10.2. The minimum absolute atomic E-state index is 0.168. The lowest BCUT2D eigenvalue weighted by molar-refractivity contribution is 0.174. The summed E-state index contributed by atoms with van der Waals surface area (Å²) in [5, 5.41) is 4.46. The number of anilines is 1. The number of ether oxygens (including phenoxy) is 2. The highest BCUT2D eigenvalue weighted by Gasteiger charge is 2.39. The van der Waals surface area contributed by atoms with Crippen LogP contribution >= 0.6 is 27.5 Å². The first-order valence-corrected chi connectivity index (χ1v) is 9.20. The van der Waals surface area contributed by atoms with Crippen LogP contribution < -0.4 is 14.8 Å². The zero-order valence-corrected chi connectivity index (χ0v) is 15.1. The summed E-state index contributed by atoms with van der Waals surface area (Å²) < 4.78 is 12.1. The maximum Gasteiger partial charge on any atom is 0.231 e. The molecule has 0 aromatic heterocycles. The SMILES string of the molecule is Clc1cccc2c1N[C@@H](c1cc3c(cc1Br)OCO3)[C@H]1CC=C[C@@H]21. The van der Waals surface area contributed by atoms with Crippen molar-refractivity contribution in [3.8, 4) is 11.5 Å². The summed E-state index contributed by atoms with van der Waals surface area (Å²) in [6.07, 6.45) is 5.64. The molecule has 0 spiro atoms. The van der Waals surface area contributed by atoms with Gasteiger partial charge in [0.15, 0.2) is 11.5 Å². The average molecular weight is 405 g/mol. The molecule has 2 aromatic carbocycles. The molecule has 2 aliphatic heterocycles. The average Bonchev–Trinajstić information content (AvgIpc) is 3.22. The van der Waals surface area contributed by atoms with Crippen LogP contribution in [-0.2, 0) is 0 Å². The van der Waals surface area contributed by atoms with Crippen LogP contribution in [0.3, 0.4) is 0 Å². The van der Waals surface area contributed by atoms with Gasteiger partial charge in [0.05, 0.1) is 16.8 Å². The molecule has 24 heavy (non-hydrogen) atoms. The second kappa shape index (κ2) is 5.43. The molecule has 3 aliphatic rings. The Morgan fingerprint density at radius 1 is 1.12 bits per heavy atom. The van der Waals surface area contributed by atoms with Crippen LogP contribution in [0.4, 0.5) is 5.69 Å². The highest BCUT2D eigenvalue weighted by Crippen LogP contribution is 2.53. The van der Waals surface area contributed by atoms with E-state index < -0.39 is 0 Å². The minimum Gasteiger partial charge on any atom is -0.454 e. The van der Waals surface area contributed by atoms with Crippen molar-refractivity contribution in [1.82, 2.24) is 0 Å². The summed E-state index contributed by atoms with van der Waals surface area (Å²) in [6.45, 7) is 0.283. The number of halogens is 2. The third-order valence-electron chi connectivity index (χ3n) is 5.17. The zero-order valence-electron chi connectivity index (χ0n) is 12.8. The third kappa shape index (κ3) is 2.09. The fourth-order valence-corrected chi connectivity index (χ4v) is 4.87. The molecular formula is C19H15BrClNO2. The van der Waals surface area contributed by atoms with E-state index in [1.165, 1.54) is 11.1 Å². The van der Waals surface area contributed by atoms with Gasteiger partial charge in [-0.15, -0.1) is 0 Å². The van der Waals surface area contributed by atoms with Gasteiger partial charge >= 0.3 is 0 Å². The fraction of sp³-hybridized carbons (Fsp3) is 0.263. The van der Waals surface area contributed by atoms with Crippen molar-refractivity contribution in [2.24, 2.45) is 5.92 Å². The molecule has 0 bridgehead atoms. The fourth-order valence-electron chi connectivity index (χ4n) is 4.06. The van der Waals surface area contributed by atoms with Crippen LogP contribution in [0.15, 0.2) is 47.0 Å². The van der Waals surface area contributed by atoms with Gasteiger partial charge in [0, 0.05) is 10.4 Å². The van der Waals surface area contributed by atoms with Crippen molar-refractivity contribution < 1.29 is 9.47 Å². The smallest absolute Gasteiger partial charge is 0.231 e. The molecule has 0 fully saturated rings. The lowest BCUT2D eigenvalue weighted by atomic mass is 9.77. The Kier molecular flexibility index (Phi) is 3.32. The topological polar surface area (TPSA) is 30.5 Å². The van der Waals surface area contributed by atoms with Crippen LogP contribution in [-0.4, -0.2) is 6.79 Å². The van der Waals surface area contributed by atoms with E-state index in [0.29, 0.717) is 11.8 Å². The molecule has 0 amide bonds. The first-order valence-electron chi connectivity index (χ1n) is 8.03. The molecule has 5 rings (SSSR count). The standard InChI is InChI=1S/C19H15BrClNO2/c20-14-8-17-16(23-9-24-17)7-13(14)18-11-4-1-3-10(11)12-5-2-6-15(21)19(12)22-18/h1-3,5-8,10-11,18,22H,4,9H2/t10-,11+,18-/m1/s1. The summed E-state index contributed by atoms with van der Waals surface area (Å²) in [6, 6.07) is 10.4. The summed E-state index contributed by atoms with van der Waals surface area (Å²) in [5.74, 6) is 2.46. The van der Waals surface area contributed by atoms with Crippen LogP contribution in [0.5, 0.6) is 11.5 Å². The number of hydrogen-bond donors (Lipinski definition) is 1. The Hall–Kier alpha value is -1.65. The highest BCUT2D eigenvalue weighted by molar-refractivity contribution is 9.10. The van der Waals surface area contributed by atoms with Gasteiger partial charge in [-0.2, -0.15) is 0 Å². The summed E-state index contributed by atoms with van der Waals surface area (Å²) in [7, 11) is 0. The monoisotopic (exact) mass is 403 g/mol. The van der Waals surface area contributed by atoms with Gasteiger partial charge in [-0.25, -0.2) is 0 Å². The predicted molar refractivity (Wildman–Crippen MR) is 98.1 cm³/mol.